The third-order valence-electron chi connectivity index (χ3n) is 3.96. The first-order valence-electron chi connectivity index (χ1n) is 7.10. The first-order chi connectivity index (χ1) is 9.89. The Kier molecular flexibility index (Phi) is 4.68. The van der Waals surface area contributed by atoms with Crippen LogP contribution in [-0.4, -0.2) is 37.9 Å². The molecule has 0 unspecified atom stereocenters. The maximum atomic E-state index is 13.0. The Morgan fingerprint density at radius 1 is 1.19 bits per heavy atom. The molecule has 1 aliphatic rings. The minimum atomic E-state index is -3.71. The summed E-state index contributed by atoms with van der Waals surface area (Å²) in [6.45, 7) is 3.82. The zero-order chi connectivity index (χ0) is 15.6. The molecule has 0 saturated carbocycles. The lowest BCUT2D eigenvalue weighted by Crippen LogP contribution is -2.47. The van der Waals surface area contributed by atoms with Crippen molar-refractivity contribution in [2.75, 3.05) is 7.11 Å². The summed E-state index contributed by atoms with van der Waals surface area (Å²) in [7, 11) is -2.47. The van der Waals surface area contributed by atoms with E-state index in [9.17, 15) is 13.2 Å². The molecule has 116 valence electrons. The summed E-state index contributed by atoms with van der Waals surface area (Å²) >= 11 is 0. The van der Waals surface area contributed by atoms with Crippen molar-refractivity contribution in [1.82, 2.24) is 4.31 Å². The maximum Gasteiger partial charge on any atom is 0.339 e. The number of hydrogen-bond acceptors (Lipinski definition) is 4. The Morgan fingerprint density at radius 3 is 2.33 bits per heavy atom. The van der Waals surface area contributed by atoms with Gasteiger partial charge in [0, 0.05) is 12.1 Å². The highest BCUT2D eigenvalue weighted by Gasteiger charge is 2.37. The Morgan fingerprint density at radius 2 is 1.76 bits per heavy atom. The van der Waals surface area contributed by atoms with Gasteiger partial charge in [-0.3, -0.25) is 0 Å². The smallest absolute Gasteiger partial charge is 0.339 e. The number of carbonyl (C=O) groups excluding carboxylic acids is 1. The summed E-state index contributed by atoms with van der Waals surface area (Å²) in [5.74, 6) is -0.633. The van der Waals surface area contributed by atoms with E-state index in [2.05, 4.69) is 0 Å². The molecule has 0 radical (unpaired) electrons. The van der Waals surface area contributed by atoms with Crippen LogP contribution in [0.3, 0.4) is 0 Å². The number of ether oxygens (including phenoxy) is 1. The summed E-state index contributed by atoms with van der Waals surface area (Å²) in [5.41, 5.74) is 0.0879. The summed E-state index contributed by atoms with van der Waals surface area (Å²) in [6.07, 6.45) is 2.70. The van der Waals surface area contributed by atoms with Gasteiger partial charge in [0.1, 0.15) is 0 Å². The van der Waals surface area contributed by atoms with Crippen LogP contribution in [-0.2, 0) is 14.8 Å². The van der Waals surface area contributed by atoms with Crippen LogP contribution in [0.1, 0.15) is 43.5 Å². The van der Waals surface area contributed by atoms with E-state index >= 15 is 0 Å². The molecule has 0 bridgehead atoms. The molecule has 2 rings (SSSR count). The minimum absolute atomic E-state index is 0.0254. The first-order valence-corrected chi connectivity index (χ1v) is 8.54. The maximum absolute atomic E-state index is 13.0. The van der Waals surface area contributed by atoms with Gasteiger partial charge in [0.2, 0.25) is 10.0 Å². The number of esters is 1. The summed E-state index contributed by atoms with van der Waals surface area (Å²) in [4.78, 5) is 11.8. The van der Waals surface area contributed by atoms with Gasteiger partial charge in [0.15, 0.2) is 0 Å². The average molecular weight is 311 g/mol. The molecule has 21 heavy (non-hydrogen) atoms. The molecule has 1 aromatic rings. The number of benzene rings is 1. The fourth-order valence-electron chi connectivity index (χ4n) is 2.96. The molecule has 1 fully saturated rings. The molecule has 0 spiro atoms. The van der Waals surface area contributed by atoms with Gasteiger partial charge < -0.3 is 4.74 Å². The fourth-order valence-corrected chi connectivity index (χ4v) is 5.02. The van der Waals surface area contributed by atoms with E-state index in [1.54, 1.807) is 12.1 Å². The highest BCUT2D eigenvalue weighted by Crippen LogP contribution is 2.31. The number of piperidine rings is 1. The molecule has 0 amide bonds. The highest BCUT2D eigenvalue weighted by atomic mass is 32.2. The molecule has 5 nitrogen and oxygen atoms in total. The van der Waals surface area contributed by atoms with Crippen molar-refractivity contribution in [3.8, 4) is 0 Å². The molecular formula is C15H21NO4S. The quantitative estimate of drug-likeness (QED) is 0.804. The predicted molar refractivity (Wildman–Crippen MR) is 79.6 cm³/mol. The zero-order valence-electron chi connectivity index (χ0n) is 12.6. The Labute approximate surface area is 126 Å². The normalized spacial score (nSPS) is 23.8. The number of hydrogen-bond donors (Lipinski definition) is 0. The van der Waals surface area contributed by atoms with Gasteiger partial charge in [-0.15, -0.1) is 0 Å². The van der Waals surface area contributed by atoms with Gasteiger partial charge in [-0.2, -0.15) is 4.31 Å². The van der Waals surface area contributed by atoms with Crippen LogP contribution in [0.25, 0.3) is 0 Å². The number of rotatable bonds is 3. The zero-order valence-corrected chi connectivity index (χ0v) is 13.4. The van der Waals surface area contributed by atoms with Crippen molar-refractivity contribution in [2.45, 2.75) is 50.1 Å². The van der Waals surface area contributed by atoms with Gasteiger partial charge in [0.25, 0.3) is 0 Å². The number of sulfonamides is 1. The molecule has 2 atom stereocenters. The lowest BCUT2D eigenvalue weighted by atomic mass is 10.0. The van der Waals surface area contributed by atoms with E-state index in [1.807, 2.05) is 13.8 Å². The predicted octanol–water partition coefficient (Wildman–Crippen LogP) is 2.42. The SMILES string of the molecule is COC(=O)c1ccccc1S(=O)(=O)N1[C@H](C)CCC[C@@H]1C. The molecule has 1 heterocycles. The van der Waals surface area contributed by atoms with Crippen LogP contribution < -0.4 is 0 Å². The van der Waals surface area contributed by atoms with E-state index in [-0.39, 0.29) is 22.5 Å². The van der Waals surface area contributed by atoms with Crippen LogP contribution in [0.4, 0.5) is 0 Å². The van der Waals surface area contributed by atoms with Crippen LogP contribution in [0.5, 0.6) is 0 Å². The van der Waals surface area contributed by atoms with Crippen molar-refractivity contribution in [1.29, 1.82) is 0 Å². The molecular weight excluding hydrogens is 290 g/mol. The first kappa shape index (κ1) is 16.0. The van der Waals surface area contributed by atoms with Crippen molar-refractivity contribution in [3.63, 3.8) is 0 Å². The summed E-state index contributed by atoms with van der Waals surface area (Å²) in [6, 6.07) is 6.08. The minimum Gasteiger partial charge on any atom is -0.465 e. The topological polar surface area (TPSA) is 63.7 Å². The molecule has 1 saturated heterocycles. The monoisotopic (exact) mass is 311 g/mol. The number of carbonyl (C=O) groups is 1. The Hall–Kier alpha value is -1.40. The second-order valence-electron chi connectivity index (χ2n) is 5.45. The highest BCUT2D eigenvalue weighted by molar-refractivity contribution is 7.89. The summed E-state index contributed by atoms with van der Waals surface area (Å²) < 4.78 is 32.2. The van der Waals surface area contributed by atoms with Crippen LogP contribution >= 0.6 is 0 Å². The van der Waals surface area contributed by atoms with E-state index in [1.165, 1.54) is 23.5 Å². The third kappa shape index (κ3) is 2.96. The molecule has 1 aromatic carbocycles. The van der Waals surface area contributed by atoms with Crippen molar-refractivity contribution in [2.24, 2.45) is 0 Å². The van der Waals surface area contributed by atoms with Gasteiger partial charge in [-0.25, -0.2) is 13.2 Å². The number of nitrogens with zero attached hydrogens (tertiary/aromatic N) is 1. The molecule has 0 aliphatic carbocycles. The van der Waals surface area contributed by atoms with E-state index < -0.39 is 16.0 Å². The molecule has 1 aliphatic heterocycles. The Bertz CT molecular complexity index is 616. The standard InChI is InChI=1S/C15H21NO4S/c1-11-7-6-8-12(2)16(11)21(18,19)14-10-5-4-9-13(14)15(17)20-3/h4-5,9-12H,6-8H2,1-3H3/t11-,12+. The summed E-state index contributed by atoms with van der Waals surface area (Å²) in [5, 5.41) is 0. The average Bonchev–Trinajstić information content (AvgIpc) is 2.46. The van der Waals surface area contributed by atoms with E-state index in [0.717, 1.165) is 19.3 Å². The van der Waals surface area contributed by atoms with Crippen molar-refractivity contribution >= 4 is 16.0 Å². The number of methoxy groups -OCH3 is 1. The second-order valence-corrected chi connectivity index (χ2v) is 7.26. The van der Waals surface area contributed by atoms with Gasteiger partial charge in [-0.1, -0.05) is 18.6 Å². The second kappa shape index (κ2) is 6.15. The van der Waals surface area contributed by atoms with Crippen LogP contribution in [0.2, 0.25) is 0 Å². The lowest BCUT2D eigenvalue weighted by molar-refractivity contribution is 0.0595. The largest absolute Gasteiger partial charge is 0.465 e. The lowest BCUT2D eigenvalue weighted by Gasteiger charge is -2.37. The van der Waals surface area contributed by atoms with Gasteiger partial charge in [-0.05, 0) is 38.8 Å². The Balaban J connectivity index is 2.51. The molecule has 6 heteroatoms. The molecule has 0 aromatic heterocycles. The van der Waals surface area contributed by atoms with Crippen molar-refractivity contribution in [3.05, 3.63) is 29.8 Å². The van der Waals surface area contributed by atoms with Crippen LogP contribution in [0.15, 0.2) is 29.2 Å². The molecule has 0 N–H and O–H groups in total. The van der Waals surface area contributed by atoms with Gasteiger partial charge >= 0.3 is 5.97 Å². The van der Waals surface area contributed by atoms with Gasteiger partial charge in [0.05, 0.1) is 17.6 Å². The van der Waals surface area contributed by atoms with Crippen LogP contribution in [0, 0.1) is 0 Å². The van der Waals surface area contributed by atoms with E-state index in [4.69, 9.17) is 4.74 Å². The van der Waals surface area contributed by atoms with E-state index in [0.29, 0.717) is 0 Å². The fraction of sp³-hybridized carbons (Fsp3) is 0.533. The third-order valence-corrected chi connectivity index (χ3v) is 6.15. The van der Waals surface area contributed by atoms with Crippen molar-refractivity contribution < 1.29 is 17.9 Å².